The summed E-state index contributed by atoms with van der Waals surface area (Å²) in [7, 11) is 0. The molecule has 1 amide bonds. The molecule has 0 spiro atoms. The molecular formula is C26H40N2O5. The summed E-state index contributed by atoms with van der Waals surface area (Å²) in [5.74, 6) is -0.608. The SMILES string of the molecule is CC(C)c1cc(C(=O)N2CCC[C@@H]2CN[C@@H](C(=O)O)C(C(C)C)C2CCCC2)c(O)cc1O. The van der Waals surface area contributed by atoms with E-state index in [9.17, 15) is 24.9 Å². The summed E-state index contributed by atoms with van der Waals surface area (Å²) in [6.07, 6.45) is 6.12. The van der Waals surface area contributed by atoms with Gasteiger partial charge in [-0.3, -0.25) is 9.59 Å². The van der Waals surface area contributed by atoms with Crippen molar-refractivity contribution >= 4 is 11.9 Å². The smallest absolute Gasteiger partial charge is 0.321 e. The van der Waals surface area contributed by atoms with Crippen LogP contribution in [0.2, 0.25) is 0 Å². The molecule has 1 saturated heterocycles. The van der Waals surface area contributed by atoms with Gasteiger partial charge in [0.15, 0.2) is 0 Å². The van der Waals surface area contributed by atoms with E-state index < -0.39 is 12.0 Å². The fourth-order valence-corrected chi connectivity index (χ4v) is 5.89. The van der Waals surface area contributed by atoms with Crippen molar-refractivity contribution < 1.29 is 24.9 Å². The zero-order valence-electron chi connectivity index (χ0n) is 20.4. The Kier molecular flexibility index (Phi) is 8.27. The summed E-state index contributed by atoms with van der Waals surface area (Å²) in [5.41, 5.74) is 0.802. The van der Waals surface area contributed by atoms with Crippen molar-refractivity contribution in [3.63, 3.8) is 0 Å². The maximum atomic E-state index is 13.3. The highest BCUT2D eigenvalue weighted by atomic mass is 16.4. The lowest BCUT2D eigenvalue weighted by molar-refractivity contribution is -0.142. The number of carbonyl (C=O) groups excluding carboxylic acids is 1. The summed E-state index contributed by atoms with van der Waals surface area (Å²) < 4.78 is 0. The lowest BCUT2D eigenvalue weighted by Gasteiger charge is -2.34. The summed E-state index contributed by atoms with van der Waals surface area (Å²) in [6.45, 7) is 9.03. The topological polar surface area (TPSA) is 110 Å². The van der Waals surface area contributed by atoms with Crippen LogP contribution in [0.15, 0.2) is 12.1 Å². The number of rotatable bonds is 9. The first-order chi connectivity index (χ1) is 15.6. The number of phenolic OH excluding ortho intramolecular Hbond substituents is 2. The van der Waals surface area contributed by atoms with Gasteiger partial charge in [-0.1, -0.05) is 53.4 Å². The number of phenols is 2. The molecule has 7 heteroatoms. The van der Waals surface area contributed by atoms with Gasteiger partial charge in [0.25, 0.3) is 5.91 Å². The van der Waals surface area contributed by atoms with Crippen molar-refractivity contribution in [2.75, 3.05) is 13.1 Å². The maximum absolute atomic E-state index is 13.3. The minimum atomic E-state index is -0.825. The van der Waals surface area contributed by atoms with Crippen LogP contribution in [0.25, 0.3) is 0 Å². The van der Waals surface area contributed by atoms with E-state index in [1.165, 1.54) is 18.9 Å². The number of aliphatic carboxylic acids is 1. The fraction of sp³-hybridized carbons (Fsp3) is 0.692. The molecule has 3 rings (SSSR count). The van der Waals surface area contributed by atoms with Crippen LogP contribution in [0, 0.1) is 17.8 Å². The van der Waals surface area contributed by atoms with Gasteiger partial charge in [-0.2, -0.15) is 0 Å². The highest BCUT2D eigenvalue weighted by Crippen LogP contribution is 2.38. The van der Waals surface area contributed by atoms with Crippen LogP contribution >= 0.6 is 0 Å². The summed E-state index contributed by atoms with van der Waals surface area (Å²) in [5, 5.41) is 33.8. The highest BCUT2D eigenvalue weighted by Gasteiger charge is 2.39. The van der Waals surface area contributed by atoms with Crippen molar-refractivity contribution in [1.29, 1.82) is 0 Å². The lowest BCUT2D eigenvalue weighted by Crippen LogP contribution is -2.51. The molecule has 33 heavy (non-hydrogen) atoms. The van der Waals surface area contributed by atoms with E-state index in [4.69, 9.17) is 0 Å². The van der Waals surface area contributed by atoms with Crippen LogP contribution < -0.4 is 5.32 Å². The minimum absolute atomic E-state index is 0.00747. The van der Waals surface area contributed by atoms with E-state index in [2.05, 4.69) is 19.2 Å². The Morgan fingerprint density at radius 2 is 1.70 bits per heavy atom. The second-order valence-corrected chi connectivity index (χ2v) is 10.5. The van der Waals surface area contributed by atoms with Crippen LogP contribution in [-0.2, 0) is 4.79 Å². The number of nitrogens with one attached hydrogen (secondary N) is 1. The van der Waals surface area contributed by atoms with Crippen LogP contribution in [0.5, 0.6) is 11.5 Å². The monoisotopic (exact) mass is 460 g/mol. The Bertz CT molecular complexity index is 847. The van der Waals surface area contributed by atoms with Gasteiger partial charge in [0, 0.05) is 25.2 Å². The predicted molar refractivity (Wildman–Crippen MR) is 128 cm³/mol. The number of nitrogens with zero attached hydrogens (tertiary/aromatic N) is 1. The number of likely N-dealkylation sites (tertiary alicyclic amines) is 1. The standard InChI is InChI=1S/C26H40N2O5/c1-15(2)19-12-20(22(30)13-21(19)29)25(31)28-11-7-10-18(28)14-27-24(26(32)33)23(16(3)4)17-8-5-6-9-17/h12-13,15-18,23-24,27,29-30H,5-11,14H2,1-4H3,(H,32,33)/t18-,23?,24-/m1/s1. The first-order valence-corrected chi connectivity index (χ1v) is 12.4. The molecular weight excluding hydrogens is 420 g/mol. The van der Waals surface area contributed by atoms with E-state index in [1.807, 2.05) is 13.8 Å². The largest absolute Gasteiger partial charge is 0.508 e. The maximum Gasteiger partial charge on any atom is 0.321 e. The molecule has 1 aliphatic heterocycles. The minimum Gasteiger partial charge on any atom is -0.508 e. The average Bonchev–Trinajstić information content (AvgIpc) is 3.41. The van der Waals surface area contributed by atoms with Gasteiger partial charge in [0.05, 0.1) is 5.56 Å². The molecule has 3 atom stereocenters. The Balaban J connectivity index is 1.75. The first-order valence-electron chi connectivity index (χ1n) is 12.4. The van der Waals surface area contributed by atoms with Gasteiger partial charge < -0.3 is 25.5 Å². The fourth-order valence-electron chi connectivity index (χ4n) is 5.89. The van der Waals surface area contributed by atoms with E-state index in [0.29, 0.717) is 24.6 Å². The highest BCUT2D eigenvalue weighted by molar-refractivity contribution is 5.97. The van der Waals surface area contributed by atoms with Gasteiger partial charge in [-0.15, -0.1) is 0 Å². The normalized spacial score (nSPS) is 21.2. The number of amides is 1. The van der Waals surface area contributed by atoms with Crippen LogP contribution in [0.4, 0.5) is 0 Å². The van der Waals surface area contributed by atoms with E-state index in [-0.39, 0.29) is 46.8 Å². The third kappa shape index (κ3) is 5.62. The molecule has 1 unspecified atom stereocenters. The second-order valence-electron chi connectivity index (χ2n) is 10.5. The number of hydrogen-bond donors (Lipinski definition) is 4. The van der Waals surface area contributed by atoms with Gasteiger partial charge in [0.1, 0.15) is 17.5 Å². The van der Waals surface area contributed by atoms with Crippen molar-refractivity contribution in [3.8, 4) is 11.5 Å². The van der Waals surface area contributed by atoms with E-state index in [1.54, 1.807) is 11.0 Å². The summed E-state index contributed by atoms with van der Waals surface area (Å²) in [4.78, 5) is 27.3. The average molecular weight is 461 g/mol. The van der Waals surface area contributed by atoms with Gasteiger partial charge in [-0.05, 0) is 48.1 Å². The summed E-state index contributed by atoms with van der Waals surface area (Å²) >= 11 is 0. The zero-order chi connectivity index (χ0) is 24.3. The van der Waals surface area contributed by atoms with Crippen LogP contribution in [-0.4, -0.2) is 57.3 Å². The van der Waals surface area contributed by atoms with Crippen LogP contribution in [0.1, 0.15) is 88.1 Å². The molecule has 0 aromatic heterocycles. The first kappa shape index (κ1) is 25.3. The van der Waals surface area contributed by atoms with E-state index >= 15 is 0 Å². The molecule has 1 aromatic carbocycles. The van der Waals surface area contributed by atoms with Crippen molar-refractivity contribution in [3.05, 3.63) is 23.3 Å². The third-order valence-electron chi connectivity index (χ3n) is 7.57. The third-order valence-corrected chi connectivity index (χ3v) is 7.57. The lowest BCUT2D eigenvalue weighted by atomic mass is 9.77. The van der Waals surface area contributed by atoms with Crippen molar-refractivity contribution in [1.82, 2.24) is 10.2 Å². The molecule has 1 aromatic rings. The number of hydrogen-bond acceptors (Lipinski definition) is 5. The van der Waals surface area contributed by atoms with Gasteiger partial charge in [-0.25, -0.2) is 0 Å². The Hall–Kier alpha value is -2.28. The Labute approximate surface area is 197 Å². The Morgan fingerprint density at radius 3 is 2.27 bits per heavy atom. The number of aromatic hydroxyl groups is 2. The second kappa shape index (κ2) is 10.8. The van der Waals surface area contributed by atoms with Crippen molar-refractivity contribution in [2.45, 2.75) is 84.2 Å². The molecule has 1 saturated carbocycles. The quantitative estimate of drug-likeness (QED) is 0.437. The Morgan fingerprint density at radius 1 is 1.03 bits per heavy atom. The molecule has 184 valence electrons. The number of carbonyl (C=O) groups is 2. The predicted octanol–water partition coefficient (Wildman–Crippen LogP) is 4.33. The van der Waals surface area contributed by atoms with Gasteiger partial charge >= 0.3 is 5.97 Å². The van der Waals surface area contributed by atoms with Crippen molar-refractivity contribution in [2.24, 2.45) is 17.8 Å². The number of carboxylic acid groups (broad SMARTS) is 1. The molecule has 1 aliphatic carbocycles. The molecule has 1 heterocycles. The molecule has 4 N–H and O–H groups in total. The van der Waals surface area contributed by atoms with Crippen LogP contribution in [0.3, 0.4) is 0 Å². The number of benzene rings is 1. The molecule has 0 bridgehead atoms. The molecule has 2 aliphatic rings. The summed E-state index contributed by atoms with van der Waals surface area (Å²) in [6, 6.07) is 2.04. The number of carboxylic acids is 1. The zero-order valence-corrected chi connectivity index (χ0v) is 20.4. The molecule has 2 fully saturated rings. The molecule has 7 nitrogen and oxygen atoms in total. The molecule has 0 radical (unpaired) electrons. The van der Waals surface area contributed by atoms with E-state index in [0.717, 1.165) is 25.7 Å². The van der Waals surface area contributed by atoms with Gasteiger partial charge in [0.2, 0.25) is 0 Å².